The molecule has 2 unspecified atom stereocenters. The number of primary amides is 1. The van der Waals surface area contributed by atoms with Gasteiger partial charge in [-0.15, -0.1) is 0 Å². The number of nitrogens with two attached hydrogens (primary N) is 1. The number of piperidine rings is 1. The summed E-state index contributed by atoms with van der Waals surface area (Å²) in [6, 6.07) is 0.00417. The van der Waals surface area contributed by atoms with Crippen molar-refractivity contribution in [3.8, 4) is 0 Å². The average Bonchev–Trinajstić information content (AvgIpc) is 2.24. The number of amides is 2. The van der Waals surface area contributed by atoms with Crippen LogP contribution in [0.3, 0.4) is 0 Å². The Balaban J connectivity index is 2.58. The van der Waals surface area contributed by atoms with Gasteiger partial charge in [-0.1, -0.05) is 13.3 Å². The van der Waals surface area contributed by atoms with Gasteiger partial charge in [0.1, 0.15) is 5.60 Å². The number of nitrogens with one attached hydrogen (secondary N) is 1. The second-order valence-electron chi connectivity index (χ2n) is 6.89. The molecule has 2 atom stereocenters. The summed E-state index contributed by atoms with van der Waals surface area (Å²) < 4.78 is 5.29. The van der Waals surface area contributed by atoms with Gasteiger partial charge in [-0.05, 0) is 39.5 Å². The Morgan fingerprint density at radius 3 is 2.52 bits per heavy atom. The van der Waals surface area contributed by atoms with Gasteiger partial charge >= 0.3 is 6.09 Å². The zero-order chi connectivity index (χ0) is 16.0. The first-order valence-electron chi connectivity index (χ1n) is 7.69. The van der Waals surface area contributed by atoms with E-state index in [0.29, 0.717) is 12.5 Å². The number of rotatable bonds is 5. The molecule has 0 radical (unpaired) electrons. The van der Waals surface area contributed by atoms with Crippen LogP contribution < -0.4 is 11.1 Å². The lowest BCUT2D eigenvalue weighted by atomic mass is 9.90. The van der Waals surface area contributed by atoms with Gasteiger partial charge in [0.05, 0.1) is 6.54 Å². The number of carbonyl (C=O) groups excluding carboxylic acids is 2. The maximum atomic E-state index is 11.9. The van der Waals surface area contributed by atoms with Crippen LogP contribution >= 0.6 is 0 Å². The SMILES string of the molecule is CCCC1CC(NC(=O)OC(C)(C)C)CN(CC(N)=O)C1. The summed E-state index contributed by atoms with van der Waals surface area (Å²) in [7, 11) is 0. The minimum atomic E-state index is -0.505. The van der Waals surface area contributed by atoms with Crippen LogP contribution in [0.4, 0.5) is 4.79 Å². The van der Waals surface area contributed by atoms with Gasteiger partial charge in [0.25, 0.3) is 0 Å². The molecule has 1 saturated heterocycles. The summed E-state index contributed by atoms with van der Waals surface area (Å²) in [5.41, 5.74) is 4.77. The molecule has 0 aromatic heterocycles. The predicted molar refractivity (Wildman–Crippen MR) is 81.8 cm³/mol. The molecule has 0 aromatic rings. The van der Waals surface area contributed by atoms with E-state index in [1.807, 2.05) is 25.7 Å². The molecule has 2 amide bonds. The van der Waals surface area contributed by atoms with E-state index in [0.717, 1.165) is 25.8 Å². The summed E-state index contributed by atoms with van der Waals surface area (Å²) >= 11 is 0. The van der Waals surface area contributed by atoms with Gasteiger partial charge in [0.2, 0.25) is 5.91 Å². The smallest absolute Gasteiger partial charge is 0.407 e. The zero-order valence-electron chi connectivity index (χ0n) is 13.6. The molecule has 1 heterocycles. The summed E-state index contributed by atoms with van der Waals surface area (Å²) in [5.74, 6) is 0.145. The first kappa shape index (κ1) is 17.8. The van der Waals surface area contributed by atoms with Crippen molar-refractivity contribution in [2.75, 3.05) is 19.6 Å². The van der Waals surface area contributed by atoms with Crippen molar-refractivity contribution >= 4 is 12.0 Å². The average molecular weight is 299 g/mol. The Morgan fingerprint density at radius 1 is 1.33 bits per heavy atom. The minimum absolute atomic E-state index is 0.00417. The largest absolute Gasteiger partial charge is 0.444 e. The highest BCUT2D eigenvalue weighted by molar-refractivity contribution is 5.76. The number of ether oxygens (including phenoxy) is 1. The normalized spacial score (nSPS) is 23.6. The quantitative estimate of drug-likeness (QED) is 0.805. The van der Waals surface area contributed by atoms with E-state index < -0.39 is 11.7 Å². The third-order valence-corrected chi connectivity index (χ3v) is 3.41. The fourth-order valence-corrected chi connectivity index (χ4v) is 2.85. The molecule has 0 aromatic carbocycles. The van der Waals surface area contributed by atoms with Gasteiger partial charge in [-0.3, -0.25) is 9.69 Å². The third kappa shape index (κ3) is 7.32. The molecule has 21 heavy (non-hydrogen) atoms. The predicted octanol–water partition coefficient (Wildman–Crippen LogP) is 1.49. The van der Waals surface area contributed by atoms with Crippen LogP contribution in [0.5, 0.6) is 0 Å². The molecule has 6 nitrogen and oxygen atoms in total. The van der Waals surface area contributed by atoms with E-state index in [1.165, 1.54) is 0 Å². The van der Waals surface area contributed by atoms with E-state index in [-0.39, 0.29) is 18.5 Å². The first-order chi connectivity index (χ1) is 9.69. The number of likely N-dealkylation sites (tertiary alicyclic amines) is 1. The second kappa shape index (κ2) is 7.64. The number of hydrogen-bond acceptors (Lipinski definition) is 4. The molecule has 0 aliphatic carbocycles. The first-order valence-corrected chi connectivity index (χ1v) is 7.69. The van der Waals surface area contributed by atoms with E-state index >= 15 is 0 Å². The van der Waals surface area contributed by atoms with Crippen molar-refractivity contribution < 1.29 is 14.3 Å². The van der Waals surface area contributed by atoms with Crippen molar-refractivity contribution in [3.63, 3.8) is 0 Å². The number of alkyl carbamates (subject to hydrolysis) is 1. The standard InChI is InChI=1S/C15H29N3O3/c1-5-6-11-7-12(9-18(8-11)10-13(16)19)17-14(20)21-15(2,3)4/h11-12H,5-10H2,1-4H3,(H2,16,19)(H,17,20). The fourth-order valence-electron chi connectivity index (χ4n) is 2.85. The highest BCUT2D eigenvalue weighted by Crippen LogP contribution is 2.21. The van der Waals surface area contributed by atoms with Gasteiger partial charge < -0.3 is 15.8 Å². The molecule has 3 N–H and O–H groups in total. The molecule has 0 spiro atoms. The summed E-state index contributed by atoms with van der Waals surface area (Å²) in [6.07, 6.45) is 2.70. The Morgan fingerprint density at radius 2 is 2.00 bits per heavy atom. The molecule has 6 heteroatoms. The van der Waals surface area contributed by atoms with E-state index in [1.54, 1.807) is 0 Å². The van der Waals surface area contributed by atoms with E-state index in [4.69, 9.17) is 10.5 Å². The lowest BCUT2D eigenvalue weighted by Gasteiger charge is -2.37. The van der Waals surface area contributed by atoms with Crippen molar-refractivity contribution in [1.29, 1.82) is 0 Å². The van der Waals surface area contributed by atoms with Crippen LogP contribution in [0.15, 0.2) is 0 Å². The summed E-state index contributed by atoms with van der Waals surface area (Å²) in [6.45, 7) is 9.41. The summed E-state index contributed by atoms with van der Waals surface area (Å²) in [4.78, 5) is 25.0. The van der Waals surface area contributed by atoms with Crippen LogP contribution in [0.1, 0.15) is 47.0 Å². The van der Waals surface area contributed by atoms with Crippen LogP contribution in [-0.4, -0.2) is 48.2 Å². The van der Waals surface area contributed by atoms with Crippen LogP contribution in [-0.2, 0) is 9.53 Å². The molecular weight excluding hydrogens is 270 g/mol. The zero-order valence-corrected chi connectivity index (χ0v) is 13.6. The third-order valence-electron chi connectivity index (χ3n) is 3.41. The molecule has 0 saturated carbocycles. The highest BCUT2D eigenvalue weighted by atomic mass is 16.6. The molecule has 0 bridgehead atoms. The molecule has 1 fully saturated rings. The van der Waals surface area contributed by atoms with Gasteiger partial charge in [-0.25, -0.2) is 4.79 Å². The van der Waals surface area contributed by atoms with Gasteiger partial charge in [0.15, 0.2) is 0 Å². The highest BCUT2D eigenvalue weighted by Gasteiger charge is 2.29. The molecule has 1 rings (SSSR count). The lowest BCUT2D eigenvalue weighted by molar-refractivity contribution is -0.119. The topological polar surface area (TPSA) is 84.7 Å². The Kier molecular flexibility index (Phi) is 6.45. The second-order valence-corrected chi connectivity index (χ2v) is 6.89. The number of nitrogens with zero attached hydrogens (tertiary/aromatic N) is 1. The molecular formula is C15H29N3O3. The van der Waals surface area contributed by atoms with E-state index in [9.17, 15) is 9.59 Å². The lowest BCUT2D eigenvalue weighted by Crippen LogP contribution is -2.53. The van der Waals surface area contributed by atoms with E-state index in [2.05, 4.69) is 12.2 Å². The van der Waals surface area contributed by atoms with Crippen LogP contribution in [0.25, 0.3) is 0 Å². The summed E-state index contributed by atoms with van der Waals surface area (Å²) in [5, 5.41) is 2.91. The Bertz CT molecular complexity index is 366. The number of carbonyl (C=O) groups is 2. The van der Waals surface area contributed by atoms with Gasteiger partial charge in [-0.2, -0.15) is 0 Å². The fraction of sp³-hybridized carbons (Fsp3) is 0.867. The molecule has 1 aliphatic heterocycles. The van der Waals surface area contributed by atoms with Crippen molar-refractivity contribution in [2.45, 2.75) is 58.6 Å². The van der Waals surface area contributed by atoms with Crippen molar-refractivity contribution in [3.05, 3.63) is 0 Å². The molecule has 1 aliphatic rings. The minimum Gasteiger partial charge on any atom is -0.444 e. The van der Waals surface area contributed by atoms with Crippen molar-refractivity contribution in [2.24, 2.45) is 11.7 Å². The Hall–Kier alpha value is -1.30. The maximum absolute atomic E-state index is 11.9. The van der Waals surface area contributed by atoms with Gasteiger partial charge in [0, 0.05) is 19.1 Å². The maximum Gasteiger partial charge on any atom is 0.407 e. The molecule has 122 valence electrons. The number of hydrogen-bond donors (Lipinski definition) is 2. The van der Waals surface area contributed by atoms with Crippen molar-refractivity contribution in [1.82, 2.24) is 10.2 Å². The van der Waals surface area contributed by atoms with Crippen LogP contribution in [0.2, 0.25) is 0 Å². The van der Waals surface area contributed by atoms with Crippen LogP contribution in [0, 0.1) is 5.92 Å². The Labute approximate surface area is 127 Å². The monoisotopic (exact) mass is 299 g/mol.